The van der Waals surface area contributed by atoms with Crippen molar-refractivity contribution in [2.24, 2.45) is 0 Å². The molecule has 0 saturated heterocycles. The van der Waals surface area contributed by atoms with Crippen LogP contribution in [-0.2, 0) is 17.6 Å². The van der Waals surface area contributed by atoms with E-state index in [0.29, 0.717) is 6.61 Å². The van der Waals surface area contributed by atoms with Crippen molar-refractivity contribution in [2.75, 3.05) is 25.0 Å². The van der Waals surface area contributed by atoms with Crippen LogP contribution < -0.4 is 15.4 Å². The predicted molar refractivity (Wildman–Crippen MR) is 118 cm³/mol. The molecule has 29 heavy (non-hydrogen) atoms. The number of amides is 1. The molecule has 0 heterocycles. The minimum absolute atomic E-state index is 0.0562. The van der Waals surface area contributed by atoms with Crippen LogP contribution >= 0.6 is 0 Å². The number of anilines is 1. The van der Waals surface area contributed by atoms with Crippen molar-refractivity contribution in [1.82, 2.24) is 5.32 Å². The van der Waals surface area contributed by atoms with Gasteiger partial charge in [-0.25, -0.2) is 0 Å². The van der Waals surface area contributed by atoms with Crippen molar-refractivity contribution >= 4 is 11.6 Å². The van der Waals surface area contributed by atoms with Crippen LogP contribution in [0.2, 0.25) is 0 Å². The van der Waals surface area contributed by atoms with E-state index in [0.717, 1.165) is 37.2 Å². The highest BCUT2D eigenvalue weighted by Gasteiger charge is 2.03. The number of carbonyl (C=O) groups is 1. The van der Waals surface area contributed by atoms with E-state index in [1.807, 2.05) is 48.5 Å². The summed E-state index contributed by atoms with van der Waals surface area (Å²) in [6.45, 7) is 1.70. The molecule has 1 amide bonds. The summed E-state index contributed by atoms with van der Waals surface area (Å²) in [5, 5.41) is 6.10. The molecule has 4 nitrogen and oxygen atoms in total. The van der Waals surface area contributed by atoms with Crippen LogP contribution in [0.4, 0.5) is 5.69 Å². The fraction of sp³-hybridized carbons (Fsp3) is 0.240. The molecule has 0 aliphatic heterocycles. The Kier molecular flexibility index (Phi) is 8.30. The molecule has 0 aliphatic carbocycles. The van der Waals surface area contributed by atoms with E-state index in [2.05, 4.69) is 47.0 Å². The minimum Gasteiger partial charge on any atom is -0.494 e. The lowest BCUT2D eigenvalue weighted by atomic mass is 10.1. The van der Waals surface area contributed by atoms with Gasteiger partial charge in [0.25, 0.3) is 0 Å². The molecule has 0 bridgehead atoms. The van der Waals surface area contributed by atoms with Gasteiger partial charge in [0.05, 0.1) is 13.2 Å². The van der Waals surface area contributed by atoms with Gasteiger partial charge in [-0.2, -0.15) is 0 Å². The summed E-state index contributed by atoms with van der Waals surface area (Å²) in [7, 11) is 0. The molecule has 0 atom stereocenters. The molecule has 0 aromatic heterocycles. The Hall–Kier alpha value is -3.11. The molecule has 0 aliphatic rings. The molecule has 0 saturated carbocycles. The number of rotatable bonds is 11. The average molecular weight is 389 g/mol. The van der Waals surface area contributed by atoms with Crippen LogP contribution in [0.25, 0.3) is 0 Å². The quantitative estimate of drug-likeness (QED) is 0.477. The molecule has 3 aromatic rings. The van der Waals surface area contributed by atoms with Gasteiger partial charge in [-0.1, -0.05) is 66.7 Å². The van der Waals surface area contributed by atoms with Gasteiger partial charge in [-0.15, -0.1) is 0 Å². The molecule has 2 N–H and O–H groups in total. The highest BCUT2D eigenvalue weighted by molar-refractivity contribution is 5.92. The highest BCUT2D eigenvalue weighted by atomic mass is 16.5. The number of hydrogen-bond acceptors (Lipinski definition) is 3. The molecule has 0 fully saturated rings. The molecule has 150 valence electrons. The summed E-state index contributed by atoms with van der Waals surface area (Å²) in [6, 6.07) is 28.2. The lowest BCUT2D eigenvalue weighted by Crippen LogP contribution is -2.29. The van der Waals surface area contributed by atoms with E-state index < -0.39 is 0 Å². The Morgan fingerprint density at radius 2 is 1.48 bits per heavy atom. The predicted octanol–water partition coefficient (Wildman–Crippen LogP) is 4.47. The van der Waals surface area contributed by atoms with Crippen LogP contribution in [0.5, 0.6) is 5.75 Å². The van der Waals surface area contributed by atoms with Gasteiger partial charge < -0.3 is 15.4 Å². The molecule has 3 rings (SSSR count). The Morgan fingerprint density at radius 3 is 2.21 bits per heavy atom. The van der Waals surface area contributed by atoms with Crippen LogP contribution in [0, 0.1) is 0 Å². The van der Waals surface area contributed by atoms with E-state index in [1.165, 1.54) is 11.1 Å². The topological polar surface area (TPSA) is 50.4 Å². The number of ether oxygens (including phenoxy) is 1. The van der Waals surface area contributed by atoms with Gasteiger partial charge in [-0.3, -0.25) is 4.79 Å². The largest absolute Gasteiger partial charge is 0.494 e. The first-order valence-electron chi connectivity index (χ1n) is 10.1. The Bertz CT molecular complexity index is 866. The molecule has 0 radical (unpaired) electrons. The summed E-state index contributed by atoms with van der Waals surface area (Å²) >= 11 is 0. The number of aryl methyl sites for hydroxylation is 1. The van der Waals surface area contributed by atoms with E-state index >= 15 is 0 Å². The molecular formula is C25H28N2O2. The van der Waals surface area contributed by atoms with Crippen LogP contribution in [-0.4, -0.2) is 25.6 Å². The maximum absolute atomic E-state index is 12.1. The third kappa shape index (κ3) is 7.80. The van der Waals surface area contributed by atoms with E-state index in [9.17, 15) is 4.79 Å². The van der Waals surface area contributed by atoms with Crippen LogP contribution in [0.3, 0.4) is 0 Å². The van der Waals surface area contributed by atoms with Crippen molar-refractivity contribution in [3.8, 4) is 5.75 Å². The van der Waals surface area contributed by atoms with Crippen molar-refractivity contribution in [3.63, 3.8) is 0 Å². The maximum Gasteiger partial charge on any atom is 0.238 e. The van der Waals surface area contributed by atoms with Gasteiger partial charge in [0, 0.05) is 11.8 Å². The Balaban J connectivity index is 1.34. The first-order valence-corrected chi connectivity index (χ1v) is 10.1. The zero-order chi connectivity index (χ0) is 20.2. The normalized spacial score (nSPS) is 10.5. The standard InChI is InChI=1S/C25H28N2O2/c28-25(20-26-17-16-22-11-5-2-6-12-22)27-23-14-7-15-24(19-23)29-18-8-13-21-9-3-1-4-10-21/h1-7,9-12,14-15,19,26H,8,13,16-18,20H2,(H,27,28). The summed E-state index contributed by atoms with van der Waals surface area (Å²) in [6.07, 6.45) is 2.85. The first-order chi connectivity index (χ1) is 14.3. The second kappa shape index (κ2) is 11.7. The lowest BCUT2D eigenvalue weighted by Gasteiger charge is -2.10. The zero-order valence-electron chi connectivity index (χ0n) is 16.6. The smallest absolute Gasteiger partial charge is 0.238 e. The van der Waals surface area contributed by atoms with Crippen molar-refractivity contribution in [2.45, 2.75) is 19.3 Å². The Labute approximate surface area is 172 Å². The summed E-state index contributed by atoms with van der Waals surface area (Å²) in [5.74, 6) is 0.715. The van der Waals surface area contributed by atoms with Crippen molar-refractivity contribution < 1.29 is 9.53 Å². The molecule has 3 aromatic carbocycles. The van der Waals surface area contributed by atoms with Gasteiger partial charge in [0.2, 0.25) is 5.91 Å². The van der Waals surface area contributed by atoms with Crippen LogP contribution in [0.1, 0.15) is 17.5 Å². The Morgan fingerprint density at radius 1 is 0.793 bits per heavy atom. The summed E-state index contributed by atoms with van der Waals surface area (Å²) in [4.78, 5) is 12.1. The minimum atomic E-state index is -0.0562. The van der Waals surface area contributed by atoms with Gasteiger partial charge in [0.1, 0.15) is 5.75 Å². The third-order valence-corrected chi connectivity index (χ3v) is 4.56. The van der Waals surface area contributed by atoms with Crippen LogP contribution in [0.15, 0.2) is 84.9 Å². The van der Waals surface area contributed by atoms with Crippen molar-refractivity contribution in [1.29, 1.82) is 0 Å². The van der Waals surface area contributed by atoms with Gasteiger partial charge in [0.15, 0.2) is 0 Å². The maximum atomic E-state index is 12.1. The summed E-state index contributed by atoms with van der Waals surface area (Å²) < 4.78 is 5.83. The average Bonchev–Trinajstić information content (AvgIpc) is 2.76. The second-order valence-corrected chi connectivity index (χ2v) is 6.93. The summed E-state index contributed by atoms with van der Waals surface area (Å²) in [5.41, 5.74) is 3.33. The van der Waals surface area contributed by atoms with Crippen molar-refractivity contribution in [3.05, 3.63) is 96.1 Å². The van der Waals surface area contributed by atoms with Gasteiger partial charge in [-0.05, 0) is 49.1 Å². The zero-order valence-corrected chi connectivity index (χ0v) is 16.6. The molecule has 0 unspecified atom stereocenters. The SMILES string of the molecule is O=C(CNCCc1ccccc1)Nc1cccc(OCCCc2ccccc2)c1. The van der Waals surface area contributed by atoms with E-state index in [1.54, 1.807) is 0 Å². The first kappa shape index (κ1) is 20.6. The number of hydrogen-bond donors (Lipinski definition) is 2. The number of benzene rings is 3. The number of nitrogens with one attached hydrogen (secondary N) is 2. The van der Waals surface area contributed by atoms with E-state index in [4.69, 9.17) is 4.74 Å². The molecule has 4 heteroatoms. The van der Waals surface area contributed by atoms with Gasteiger partial charge >= 0.3 is 0 Å². The molecule has 0 spiro atoms. The number of carbonyl (C=O) groups excluding carboxylic acids is 1. The van der Waals surface area contributed by atoms with E-state index in [-0.39, 0.29) is 12.5 Å². The second-order valence-electron chi connectivity index (χ2n) is 6.93. The fourth-order valence-electron chi connectivity index (χ4n) is 3.06. The fourth-order valence-corrected chi connectivity index (χ4v) is 3.06. The monoisotopic (exact) mass is 388 g/mol. The third-order valence-electron chi connectivity index (χ3n) is 4.56. The lowest BCUT2D eigenvalue weighted by molar-refractivity contribution is -0.115. The molecular weight excluding hydrogens is 360 g/mol. The highest BCUT2D eigenvalue weighted by Crippen LogP contribution is 2.17.